The molecule has 0 aliphatic rings. The van der Waals surface area contributed by atoms with Crippen LogP contribution in [0.5, 0.6) is 0 Å². The molecule has 2 aromatic carbocycles. The fraction of sp³-hybridized carbons (Fsp3) is 0. The van der Waals surface area contributed by atoms with Gasteiger partial charge in [0.25, 0.3) is 11.6 Å². The predicted octanol–water partition coefficient (Wildman–Crippen LogP) is 2.29. The molecule has 114 valence electrons. The van der Waals surface area contributed by atoms with Crippen molar-refractivity contribution in [3.63, 3.8) is 0 Å². The van der Waals surface area contributed by atoms with Crippen LogP contribution in [-0.2, 0) is 0 Å². The third-order valence-electron chi connectivity index (χ3n) is 3.16. The highest BCUT2D eigenvalue weighted by molar-refractivity contribution is 5.96. The van der Waals surface area contributed by atoms with Gasteiger partial charge in [-0.1, -0.05) is 18.2 Å². The second-order valence-corrected chi connectivity index (χ2v) is 4.63. The molecular formula is C15H11N5O3. The molecule has 23 heavy (non-hydrogen) atoms. The number of hydrogen-bond donors (Lipinski definition) is 2. The zero-order valence-corrected chi connectivity index (χ0v) is 11.8. The standard InChI is InChI=1S/C15H11N5O3/c21-15(10-4-3-5-11(8-10)20(22)23)19-18-14-12-6-1-2-7-13(12)16-9-17-14/h1-9H,(H,19,21)(H,16,17,18). The molecule has 0 fully saturated rings. The van der Waals surface area contributed by atoms with Crippen molar-refractivity contribution in [3.05, 3.63) is 70.5 Å². The topological polar surface area (TPSA) is 110 Å². The number of carbonyl (C=O) groups excluding carboxylic acids is 1. The van der Waals surface area contributed by atoms with Crippen LogP contribution < -0.4 is 10.9 Å². The number of fused-ring (bicyclic) bond motifs is 1. The Labute approximate surface area is 130 Å². The molecule has 0 aliphatic heterocycles. The first-order valence-corrected chi connectivity index (χ1v) is 6.66. The van der Waals surface area contributed by atoms with Crippen LogP contribution in [0.15, 0.2) is 54.9 Å². The number of non-ortho nitro benzene ring substituents is 1. The van der Waals surface area contributed by atoms with Gasteiger partial charge in [-0.25, -0.2) is 9.97 Å². The van der Waals surface area contributed by atoms with Gasteiger partial charge in [0.2, 0.25) is 0 Å². The molecule has 2 N–H and O–H groups in total. The zero-order valence-electron chi connectivity index (χ0n) is 11.8. The highest BCUT2D eigenvalue weighted by Gasteiger charge is 2.11. The highest BCUT2D eigenvalue weighted by atomic mass is 16.6. The summed E-state index contributed by atoms with van der Waals surface area (Å²) >= 11 is 0. The average molecular weight is 309 g/mol. The lowest BCUT2D eigenvalue weighted by atomic mass is 10.2. The summed E-state index contributed by atoms with van der Waals surface area (Å²) in [7, 11) is 0. The Morgan fingerprint density at radius 3 is 2.74 bits per heavy atom. The number of nitro benzene ring substituents is 1. The summed E-state index contributed by atoms with van der Waals surface area (Å²) in [5.41, 5.74) is 5.94. The van der Waals surface area contributed by atoms with Crippen molar-refractivity contribution in [1.29, 1.82) is 0 Å². The number of rotatable bonds is 4. The zero-order chi connectivity index (χ0) is 16.2. The van der Waals surface area contributed by atoms with Gasteiger partial charge in [0.15, 0.2) is 5.82 Å². The summed E-state index contributed by atoms with van der Waals surface area (Å²) in [4.78, 5) is 30.5. The van der Waals surface area contributed by atoms with Crippen LogP contribution in [0.3, 0.4) is 0 Å². The Hall–Kier alpha value is -3.55. The number of amides is 1. The summed E-state index contributed by atoms with van der Waals surface area (Å²) in [6, 6.07) is 12.8. The van der Waals surface area contributed by atoms with Crippen LogP contribution in [0, 0.1) is 10.1 Å². The van der Waals surface area contributed by atoms with E-state index in [0.717, 1.165) is 10.9 Å². The Morgan fingerprint density at radius 1 is 1.09 bits per heavy atom. The number of benzene rings is 2. The normalized spacial score (nSPS) is 10.3. The summed E-state index contributed by atoms with van der Waals surface area (Å²) < 4.78 is 0. The number of hydrazine groups is 1. The van der Waals surface area contributed by atoms with Gasteiger partial charge in [-0.3, -0.25) is 25.8 Å². The molecule has 1 aromatic heterocycles. The van der Waals surface area contributed by atoms with Gasteiger partial charge < -0.3 is 0 Å². The van der Waals surface area contributed by atoms with E-state index in [4.69, 9.17) is 0 Å². The lowest BCUT2D eigenvalue weighted by Crippen LogP contribution is -2.30. The number of nitrogens with one attached hydrogen (secondary N) is 2. The van der Waals surface area contributed by atoms with E-state index < -0.39 is 10.8 Å². The molecular weight excluding hydrogens is 298 g/mol. The predicted molar refractivity (Wildman–Crippen MR) is 83.7 cm³/mol. The van der Waals surface area contributed by atoms with Gasteiger partial charge in [0.1, 0.15) is 6.33 Å². The Bertz CT molecular complexity index is 892. The van der Waals surface area contributed by atoms with Crippen LogP contribution in [0.2, 0.25) is 0 Å². The average Bonchev–Trinajstić information content (AvgIpc) is 2.59. The van der Waals surface area contributed by atoms with Crippen LogP contribution in [0.25, 0.3) is 10.9 Å². The molecule has 8 heteroatoms. The lowest BCUT2D eigenvalue weighted by molar-refractivity contribution is -0.384. The number of carbonyl (C=O) groups is 1. The fourth-order valence-corrected chi connectivity index (χ4v) is 2.05. The Morgan fingerprint density at radius 2 is 1.91 bits per heavy atom. The van der Waals surface area contributed by atoms with Crippen molar-refractivity contribution in [2.75, 3.05) is 5.43 Å². The van der Waals surface area contributed by atoms with Crippen molar-refractivity contribution < 1.29 is 9.72 Å². The van der Waals surface area contributed by atoms with Crippen molar-refractivity contribution in [2.45, 2.75) is 0 Å². The van der Waals surface area contributed by atoms with Gasteiger partial charge in [-0.15, -0.1) is 0 Å². The molecule has 0 radical (unpaired) electrons. The van der Waals surface area contributed by atoms with E-state index in [-0.39, 0.29) is 11.3 Å². The van der Waals surface area contributed by atoms with Gasteiger partial charge in [-0.05, 0) is 18.2 Å². The smallest absolute Gasteiger partial charge is 0.270 e. The Kier molecular flexibility index (Phi) is 3.79. The van der Waals surface area contributed by atoms with Crippen LogP contribution in [-0.4, -0.2) is 20.8 Å². The number of nitrogens with zero attached hydrogens (tertiary/aromatic N) is 3. The summed E-state index contributed by atoms with van der Waals surface area (Å²) in [5, 5.41) is 11.5. The maximum absolute atomic E-state index is 12.1. The molecule has 8 nitrogen and oxygen atoms in total. The first kappa shape index (κ1) is 14.4. The molecule has 0 saturated heterocycles. The maximum atomic E-state index is 12.1. The monoisotopic (exact) mass is 309 g/mol. The van der Waals surface area contributed by atoms with E-state index in [0.29, 0.717) is 5.82 Å². The van der Waals surface area contributed by atoms with Gasteiger partial charge in [-0.2, -0.15) is 0 Å². The second kappa shape index (κ2) is 6.06. The molecule has 1 amide bonds. The molecule has 1 heterocycles. The van der Waals surface area contributed by atoms with E-state index in [1.54, 1.807) is 0 Å². The number of hydrogen-bond acceptors (Lipinski definition) is 6. The summed E-state index contributed by atoms with van der Waals surface area (Å²) in [6.45, 7) is 0. The minimum absolute atomic E-state index is 0.148. The Balaban J connectivity index is 1.78. The first-order chi connectivity index (χ1) is 11.1. The minimum Gasteiger partial charge on any atom is -0.281 e. The molecule has 0 unspecified atom stereocenters. The summed E-state index contributed by atoms with van der Waals surface area (Å²) in [5.74, 6) is -0.0641. The maximum Gasteiger partial charge on any atom is 0.270 e. The van der Waals surface area contributed by atoms with Crippen molar-refractivity contribution in [1.82, 2.24) is 15.4 Å². The van der Waals surface area contributed by atoms with Crippen molar-refractivity contribution >= 4 is 28.3 Å². The molecule has 0 saturated carbocycles. The molecule has 3 rings (SSSR count). The SMILES string of the molecule is O=C(NNc1ncnc2ccccc12)c1cccc([N+](=O)[O-])c1. The molecule has 0 spiro atoms. The first-order valence-electron chi connectivity index (χ1n) is 6.66. The second-order valence-electron chi connectivity index (χ2n) is 4.63. The fourth-order valence-electron chi connectivity index (χ4n) is 2.05. The molecule has 0 atom stereocenters. The van der Waals surface area contributed by atoms with E-state index in [1.165, 1.54) is 30.6 Å². The lowest BCUT2D eigenvalue weighted by Gasteiger charge is -2.09. The van der Waals surface area contributed by atoms with E-state index in [1.807, 2.05) is 24.3 Å². The van der Waals surface area contributed by atoms with Gasteiger partial charge in [0, 0.05) is 23.1 Å². The third kappa shape index (κ3) is 3.05. The van der Waals surface area contributed by atoms with Crippen LogP contribution >= 0.6 is 0 Å². The van der Waals surface area contributed by atoms with Gasteiger partial charge >= 0.3 is 0 Å². The minimum atomic E-state index is -0.553. The number of aromatic nitrogens is 2. The quantitative estimate of drug-likeness (QED) is 0.565. The molecule has 3 aromatic rings. The third-order valence-corrected chi connectivity index (χ3v) is 3.16. The van der Waals surface area contributed by atoms with E-state index in [2.05, 4.69) is 20.8 Å². The van der Waals surface area contributed by atoms with Crippen molar-refractivity contribution in [3.8, 4) is 0 Å². The molecule has 0 bridgehead atoms. The number of nitro groups is 1. The summed E-state index contributed by atoms with van der Waals surface area (Å²) in [6.07, 6.45) is 1.38. The van der Waals surface area contributed by atoms with E-state index in [9.17, 15) is 14.9 Å². The number of anilines is 1. The van der Waals surface area contributed by atoms with Crippen LogP contribution in [0.4, 0.5) is 11.5 Å². The van der Waals surface area contributed by atoms with Gasteiger partial charge in [0.05, 0.1) is 10.4 Å². The highest BCUT2D eigenvalue weighted by Crippen LogP contribution is 2.18. The van der Waals surface area contributed by atoms with Crippen LogP contribution in [0.1, 0.15) is 10.4 Å². The largest absolute Gasteiger partial charge is 0.281 e. The number of para-hydroxylation sites is 1. The molecule has 0 aliphatic carbocycles. The van der Waals surface area contributed by atoms with Crippen molar-refractivity contribution in [2.24, 2.45) is 0 Å². The van der Waals surface area contributed by atoms with E-state index >= 15 is 0 Å².